The Morgan fingerprint density at radius 3 is 1.64 bits per heavy atom. The molecule has 9 nitrogen and oxygen atoms in total. The Hall–Kier alpha value is -2.00. The van der Waals surface area contributed by atoms with Crippen molar-refractivity contribution in [1.29, 1.82) is 0 Å². The summed E-state index contributed by atoms with van der Waals surface area (Å²) in [5.74, 6) is -2.34. The van der Waals surface area contributed by atoms with Gasteiger partial charge in [-0.25, -0.2) is 14.4 Å². The van der Waals surface area contributed by atoms with Crippen LogP contribution in [0.2, 0.25) is 0 Å². The lowest BCUT2D eigenvalue weighted by molar-refractivity contribution is -0.174. The lowest BCUT2D eigenvalue weighted by Crippen LogP contribution is -2.36. The van der Waals surface area contributed by atoms with Gasteiger partial charge < -0.3 is 24.2 Å². The normalized spacial score (nSPS) is 13.2. The van der Waals surface area contributed by atoms with Crippen molar-refractivity contribution < 1.29 is 38.5 Å². The van der Waals surface area contributed by atoms with Crippen LogP contribution in [-0.4, -0.2) is 73.3 Å². The van der Waals surface area contributed by atoms with E-state index in [1.807, 2.05) is 4.90 Å². The maximum absolute atomic E-state index is 12.3. The number of rotatable bonds is 18. The molecule has 0 aromatic heterocycles. The molecular weight excluding hydrogens is 430 g/mol. The summed E-state index contributed by atoms with van der Waals surface area (Å²) in [5, 5.41) is 8.60. The number of aliphatic carboxylic acids is 1. The van der Waals surface area contributed by atoms with E-state index in [1.54, 1.807) is 0 Å². The monoisotopic (exact) mass is 473 g/mol. The second-order valence-electron chi connectivity index (χ2n) is 8.14. The number of unbranched alkanes of at least 4 members (excludes halogenated alkanes) is 10. The number of cyclic esters (lactones) is 2. The largest absolute Gasteiger partial charge is 0.480 e. The van der Waals surface area contributed by atoms with Crippen LogP contribution < -0.4 is 0 Å². The smallest absolute Gasteiger partial charge is 0.339 e. The van der Waals surface area contributed by atoms with Crippen molar-refractivity contribution in [2.24, 2.45) is 0 Å². The molecule has 0 aliphatic carbocycles. The van der Waals surface area contributed by atoms with Crippen molar-refractivity contribution >= 4 is 23.8 Å². The Morgan fingerprint density at radius 1 is 0.788 bits per heavy atom. The van der Waals surface area contributed by atoms with Gasteiger partial charge in [0.25, 0.3) is 0 Å². The zero-order valence-electron chi connectivity index (χ0n) is 20.5. The van der Waals surface area contributed by atoms with Gasteiger partial charge in [-0.2, -0.15) is 0 Å². The molecule has 1 amide bonds. The van der Waals surface area contributed by atoms with E-state index < -0.39 is 24.5 Å². The first kappa shape index (κ1) is 31.0. The molecule has 0 atom stereocenters. The molecule has 0 unspecified atom stereocenters. The number of amides is 1. The third-order valence-corrected chi connectivity index (χ3v) is 5.03. The van der Waals surface area contributed by atoms with Crippen LogP contribution in [0.25, 0.3) is 0 Å². The Kier molecular flexibility index (Phi) is 20.5. The lowest BCUT2D eigenvalue weighted by Gasteiger charge is -2.22. The molecule has 1 aliphatic rings. The van der Waals surface area contributed by atoms with Crippen molar-refractivity contribution in [3.05, 3.63) is 0 Å². The van der Waals surface area contributed by atoms with Crippen molar-refractivity contribution in [1.82, 2.24) is 4.90 Å². The van der Waals surface area contributed by atoms with E-state index in [9.17, 15) is 19.2 Å². The van der Waals surface area contributed by atoms with Gasteiger partial charge >= 0.3 is 17.9 Å². The maximum Gasteiger partial charge on any atom is 0.339 e. The van der Waals surface area contributed by atoms with Crippen LogP contribution in [0, 0.1) is 0 Å². The highest BCUT2D eigenvalue weighted by Crippen LogP contribution is 2.09. The van der Waals surface area contributed by atoms with Gasteiger partial charge in [0.1, 0.15) is 26.4 Å². The summed E-state index contributed by atoms with van der Waals surface area (Å²) >= 11 is 0. The molecule has 1 aliphatic heterocycles. The molecular formula is C24H43NO8. The van der Waals surface area contributed by atoms with E-state index >= 15 is 0 Å². The Labute approximate surface area is 198 Å². The number of esters is 2. The summed E-state index contributed by atoms with van der Waals surface area (Å²) in [5.41, 5.74) is 0. The summed E-state index contributed by atoms with van der Waals surface area (Å²) < 4.78 is 13.5. The van der Waals surface area contributed by atoms with Gasteiger partial charge in [-0.1, -0.05) is 78.1 Å². The van der Waals surface area contributed by atoms with Gasteiger partial charge in [0, 0.05) is 13.1 Å². The first-order chi connectivity index (χ1) is 15.9. The number of carboxylic acids is 1. The Morgan fingerprint density at radius 2 is 1.24 bits per heavy atom. The molecule has 0 aromatic rings. The third-order valence-electron chi connectivity index (χ3n) is 5.03. The third kappa shape index (κ3) is 20.3. The highest BCUT2D eigenvalue weighted by Gasteiger charge is 2.16. The molecule has 33 heavy (non-hydrogen) atoms. The number of ether oxygens (including phenoxy) is 3. The molecule has 192 valence electrons. The predicted octanol–water partition coefficient (Wildman–Crippen LogP) is 3.72. The minimum absolute atomic E-state index is 0.0802. The molecule has 0 spiro atoms. The summed E-state index contributed by atoms with van der Waals surface area (Å²) in [4.78, 5) is 44.8. The van der Waals surface area contributed by atoms with E-state index in [2.05, 4.69) is 23.3 Å². The van der Waals surface area contributed by atoms with Crippen LogP contribution >= 0.6 is 0 Å². The molecule has 1 saturated heterocycles. The standard InChI is InChI=1S/C20H39NO4.C4H4O4/c1-3-5-7-9-11-13-15-21(16-14-12-10-8-6-4-2)19(22)17-25-18-20(23)24;5-3-1-7-2-4(6)8-3/h3-18H2,1-2H3,(H,23,24);1-2H2. The summed E-state index contributed by atoms with van der Waals surface area (Å²) in [6, 6.07) is 0. The molecule has 0 radical (unpaired) electrons. The second-order valence-corrected chi connectivity index (χ2v) is 8.14. The van der Waals surface area contributed by atoms with Crippen LogP contribution in [0.5, 0.6) is 0 Å². The molecule has 1 rings (SSSR count). The van der Waals surface area contributed by atoms with Gasteiger partial charge in [0.05, 0.1) is 0 Å². The fourth-order valence-electron chi connectivity index (χ4n) is 3.25. The molecule has 1 heterocycles. The minimum atomic E-state index is -1.04. The van der Waals surface area contributed by atoms with E-state index in [-0.39, 0.29) is 25.7 Å². The Bertz CT molecular complexity index is 523. The molecule has 0 saturated carbocycles. The molecule has 9 heteroatoms. The van der Waals surface area contributed by atoms with Crippen LogP contribution in [0.1, 0.15) is 90.9 Å². The zero-order valence-corrected chi connectivity index (χ0v) is 20.5. The van der Waals surface area contributed by atoms with Crippen LogP contribution in [0.4, 0.5) is 0 Å². The SMILES string of the molecule is CCCCCCCCN(CCCCCCCC)C(=O)COCC(=O)O.O=C1COCC(=O)O1. The minimum Gasteiger partial charge on any atom is -0.480 e. The average molecular weight is 474 g/mol. The van der Waals surface area contributed by atoms with E-state index in [1.165, 1.54) is 51.4 Å². The van der Waals surface area contributed by atoms with Crippen molar-refractivity contribution in [2.75, 3.05) is 39.5 Å². The second kappa shape index (κ2) is 21.8. The van der Waals surface area contributed by atoms with Gasteiger partial charge in [0.2, 0.25) is 5.91 Å². The zero-order chi connectivity index (χ0) is 24.7. The summed E-state index contributed by atoms with van der Waals surface area (Å²) in [6.07, 6.45) is 14.4. The predicted molar refractivity (Wildman–Crippen MR) is 124 cm³/mol. The number of nitrogens with zero attached hydrogens (tertiary/aromatic N) is 1. The number of hydrogen-bond donors (Lipinski definition) is 1. The topological polar surface area (TPSA) is 119 Å². The van der Waals surface area contributed by atoms with E-state index in [0.29, 0.717) is 0 Å². The van der Waals surface area contributed by atoms with Crippen molar-refractivity contribution in [2.45, 2.75) is 90.9 Å². The molecule has 0 aromatic carbocycles. The van der Waals surface area contributed by atoms with Crippen LogP contribution in [0.15, 0.2) is 0 Å². The fraction of sp³-hybridized carbons (Fsp3) is 0.833. The number of carbonyl (C=O) groups excluding carboxylic acids is 3. The highest BCUT2D eigenvalue weighted by molar-refractivity contribution is 5.88. The highest BCUT2D eigenvalue weighted by atomic mass is 16.6. The molecule has 0 bridgehead atoms. The van der Waals surface area contributed by atoms with E-state index in [4.69, 9.17) is 9.84 Å². The van der Waals surface area contributed by atoms with E-state index in [0.717, 1.165) is 38.8 Å². The van der Waals surface area contributed by atoms with Crippen molar-refractivity contribution in [3.63, 3.8) is 0 Å². The quantitative estimate of drug-likeness (QED) is 0.182. The first-order valence-electron chi connectivity index (χ1n) is 12.3. The van der Waals surface area contributed by atoms with Crippen LogP contribution in [-0.2, 0) is 33.4 Å². The van der Waals surface area contributed by atoms with Gasteiger partial charge in [-0.05, 0) is 12.8 Å². The van der Waals surface area contributed by atoms with Gasteiger partial charge in [-0.3, -0.25) is 4.79 Å². The number of carbonyl (C=O) groups is 4. The van der Waals surface area contributed by atoms with Gasteiger partial charge in [0.15, 0.2) is 0 Å². The summed E-state index contributed by atoms with van der Waals surface area (Å²) in [7, 11) is 0. The van der Waals surface area contributed by atoms with Crippen molar-refractivity contribution in [3.8, 4) is 0 Å². The number of carboxylic acid groups (broad SMARTS) is 1. The first-order valence-corrected chi connectivity index (χ1v) is 12.3. The average Bonchev–Trinajstić information content (AvgIpc) is 2.77. The fourth-order valence-corrected chi connectivity index (χ4v) is 3.25. The molecule has 1 N–H and O–H groups in total. The number of hydrogen-bond acceptors (Lipinski definition) is 7. The molecule has 1 fully saturated rings. The van der Waals surface area contributed by atoms with Crippen LogP contribution in [0.3, 0.4) is 0 Å². The van der Waals surface area contributed by atoms with Gasteiger partial charge in [-0.15, -0.1) is 0 Å². The maximum atomic E-state index is 12.3. The summed E-state index contributed by atoms with van der Waals surface area (Å²) in [6.45, 7) is 5.19. The Balaban J connectivity index is 0.00000106. The lowest BCUT2D eigenvalue weighted by atomic mass is 10.1.